The average Bonchev–Trinajstić information content (AvgIpc) is 3.17. The van der Waals surface area contributed by atoms with E-state index >= 15 is 0 Å². The van der Waals surface area contributed by atoms with E-state index in [1.165, 1.54) is 18.9 Å². The summed E-state index contributed by atoms with van der Waals surface area (Å²) in [6.07, 6.45) is 4.51. The molecule has 1 saturated carbocycles. The fraction of sp³-hybridized carbons (Fsp3) is 0.462. The molecule has 0 bridgehead atoms. The fourth-order valence-corrected chi connectivity index (χ4v) is 2.59. The molecular weight excluding hydrogens is 283 g/mol. The number of carbonyl (C=O) groups is 1. The van der Waals surface area contributed by atoms with E-state index in [9.17, 15) is 17.6 Å². The SMILES string of the molecule is NS(=O)(=O)c1cc(C(=O)NCCCC2CC2)ccc1F. The third kappa shape index (κ3) is 4.01. The van der Waals surface area contributed by atoms with Crippen LogP contribution in [-0.2, 0) is 10.0 Å². The summed E-state index contributed by atoms with van der Waals surface area (Å²) >= 11 is 0. The first-order valence-corrected chi connectivity index (χ1v) is 8.03. The van der Waals surface area contributed by atoms with Gasteiger partial charge < -0.3 is 5.32 Å². The lowest BCUT2D eigenvalue weighted by Gasteiger charge is -2.07. The van der Waals surface area contributed by atoms with Crippen LogP contribution in [0, 0.1) is 11.7 Å². The summed E-state index contributed by atoms with van der Waals surface area (Å²) < 4.78 is 35.7. The van der Waals surface area contributed by atoms with Gasteiger partial charge in [0, 0.05) is 12.1 Å². The zero-order valence-corrected chi connectivity index (χ0v) is 11.7. The lowest BCUT2D eigenvalue weighted by atomic mass is 10.2. The van der Waals surface area contributed by atoms with Gasteiger partial charge in [-0.25, -0.2) is 17.9 Å². The number of nitrogens with one attached hydrogen (secondary N) is 1. The second-order valence-electron chi connectivity index (χ2n) is 5.03. The van der Waals surface area contributed by atoms with Crippen LogP contribution in [0.15, 0.2) is 23.1 Å². The lowest BCUT2D eigenvalue weighted by Crippen LogP contribution is -2.25. The van der Waals surface area contributed by atoms with Gasteiger partial charge in [0.25, 0.3) is 5.91 Å². The number of halogens is 1. The van der Waals surface area contributed by atoms with Crippen LogP contribution in [-0.4, -0.2) is 20.9 Å². The van der Waals surface area contributed by atoms with Crippen LogP contribution in [0.25, 0.3) is 0 Å². The minimum absolute atomic E-state index is 0.0850. The van der Waals surface area contributed by atoms with Gasteiger partial charge in [0.05, 0.1) is 0 Å². The molecule has 1 aliphatic rings. The highest BCUT2D eigenvalue weighted by Gasteiger charge is 2.20. The number of sulfonamides is 1. The van der Waals surface area contributed by atoms with Crippen LogP contribution in [0.3, 0.4) is 0 Å². The van der Waals surface area contributed by atoms with Crippen LogP contribution in [0.1, 0.15) is 36.0 Å². The zero-order valence-electron chi connectivity index (χ0n) is 10.9. The monoisotopic (exact) mass is 300 g/mol. The van der Waals surface area contributed by atoms with E-state index < -0.39 is 26.6 Å². The van der Waals surface area contributed by atoms with Gasteiger partial charge >= 0.3 is 0 Å². The van der Waals surface area contributed by atoms with Crippen molar-refractivity contribution in [3.63, 3.8) is 0 Å². The molecule has 20 heavy (non-hydrogen) atoms. The number of hydrogen-bond acceptors (Lipinski definition) is 3. The summed E-state index contributed by atoms with van der Waals surface area (Å²) in [5, 5.41) is 7.57. The van der Waals surface area contributed by atoms with Gasteiger partial charge in [0.2, 0.25) is 10.0 Å². The summed E-state index contributed by atoms with van der Waals surface area (Å²) in [7, 11) is -4.17. The highest BCUT2D eigenvalue weighted by atomic mass is 32.2. The van der Waals surface area contributed by atoms with Crippen molar-refractivity contribution in [3.8, 4) is 0 Å². The van der Waals surface area contributed by atoms with Crippen LogP contribution < -0.4 is 10.5 Å². The van der Waals surface area contributed by atoms with Crippen molar-refractivity contribution >= 4 is 15.9 Å². The summed E-state index contributed by atoms with van der Waals surface area (Å²) in [6, 6.07) is 3.12. The van der Waals surface area contributed by atoms with Crippen LogP contribution in [0.5, 0.6) is 0 Å². The first-order chi connectivity index (χ1) is 9.38. The number of hydrogen-bond donors (Lipinski definition) is 2. The average molecular weight is 300 g/mol. The lowest BCUT2D eigenvalue weighted by molar-refractivity contribution is 0.0952. The summed E-state index contributed by atoms with van der Waals surface area (Å²) in [5.74, 6) is -0.588. The van der Waals surface area contributed by atoms with Crippen molar-refractivity contribution in [2.45, 2.75) is 30.6 Å². The normalized spacial score (nSPS) is 15.1. The number of rotatable bonds is 6. The maximum Gasteiger partial charge on any atom is 0.251 e. The molecule has 0 heterocycles. The molecule has 0 saturated heterocycles. The topological polar surface area (TPSA) is 89.3 Å². The first kappa shape index (κ1) is 14.9. The van der Waals surface area contributed by atoms with Gasteiger partial charge in [-0.15, -0.1) is 0 Å². The Morgan fingerprint density at radius 2 is 2.10 bits per heavy atom. The van der Waals surface area contributed by atoms with Crippen molar-refractivity contribution in [3.05, 3.63) is 29.6 Å². The van der Waals surface area contributed by atoms with Gasteiger partial charge in [-0.3, -0.25) is 4.79 Å². The number of nitrogens with two attached hydrogens (primary N) is 1. The van der Waals surface area contributed by atoms with Gasteiger partial charge in [-0.1, -0.05) is 12.8 Å². The predicted molar refractivity (Wildman–Crippen MR) is 72.1 cm³/mol. The Labute approximate surface area is 117 Å². The van der Waals surface area contributed by atoms with Crippen molar-refractivity contribution in [2.75, 3.05) is 6.54 Å². The fourth-order valence-electron chi connectivity index (χ4n) is 1.96. The second kappa shape index (κ2) is 5.88. The molecule has 0 aromatic heterocycles. The van der Waals surface area contributed by atoms with E-state index in [2.05, 4.69) is 5.32 Å². The molecule has 2 rings (SSSR count). The van der Waals surface area contributed by atoms with Gasteiger partial charge in [0.1, 0.15) is 10.7 Å². The molecule has 1 amide bonds. The molecule has 3 N–H and O–H groups in total. The number of benzene rings is 1. The number of primary sulfonamides is 1. The van der Waals surface area contributed by atoms with E-state index in [0.717, 1.165) is 30.9 Å². The van der Waals surface area contributed by atoms with E-state index in [0.29, 0.717) is 6.54 Å². The molecule has 1 aromatic carbocycles. The third-order valence-electron chi connectivity index (χ3n) is 3.27. The second-order valence-corrected chi connectivity index (χ2v) is 6.56. The van der Waals surface area contributed by atoms with Crippen molar-refractivity contribution < 1.29 is 17.6 Å². The van der Waals surface area contributed by atoms with Crippen molar-refractivity contribution in [2.24, 2.45) is 11.1 Å². The highest BCUT2D eigenvalue weighted by Crippen LogP contribution is 2.33. The largest absolute Gasteiger partial charge is 0.352 e. The van der Waals surface area contributed by atoms with Crippen LogP contribution in [0.2, 0.25) is 0 Å². The molecular formula is C13H17FN2O3S. The molecule has 1 aromatic rings. The maximum atomic E-state index is 13.3. The zero-order chi connectivity index (χ0) is 14.8. The summed E-state index contributed by atoms with van der Waals surface area (Å²) in [4.78, 5) is 11.2. The van der Waals surface area contributed by atoms with Crippen molar-refractivity contribution in [1.29, 1.82) is 0 Å². The molecule has 0 unspecified atom stereocenters. The minimum Gasteiger partial charge on any atom is -0.352 e. The van der Waals surface area contributed by atoms with Gasteiger partial charge in [-0.2, -0.15) is 0 Å². The van der Waals surface area contributed by atoms with E-state index in [1.807, 2.05) is 0 Å². The Balaban J connectivity index is 1.98. The maximum absolute atomic E-state index is 13.3. The van der Waals surface area contributed by atoms with Crippen LogP contribution in [0.4, 0.5) is 4.39 Å². The van der Waals surface area contributed by atoms with Crippen molar-refractivity contribution in [1.82, 2.24) is 5.32 Å². The number of amides is 1. The van der Waals surface area contributed by atoms with Crippen LogP contribution >= 0.6 is 0 Å². The van der Waals surface area contributed by atoms with Gasteiger partial charge in [-0.05, 0) is 37.0 Å². The molecule has 0 atom stereocenters. The molecule has 0 spiro atoms. The molecule has 0 radical (unpaired) electrons. The molecule has 1 fully saturated rings. The molecule has 110 valence electrons. The molecule has 5 nitrogen and oxygen atoms in total. The minimum atomic E-state index is -4.17. The Morgan fingerprint density at radius 3 is 2.70 bits per heavy atom. The Hall–Kier alpha value is -1.47. The van der Waals surface area contributed by atoms with E-state index in [1.54, 1.807) is 0 Å². The Kier molecular flexibility index (Phi) is 4.39. The quantitative estimate of drug-likeness (QED) is 0.778. The molecule has 1 aliphatic carbocycles. The van der Waals surface area contributed by atoms with E-state index in [4.69, 9.17) is 5.14 Å². The standard InChI is InChI=1S/C13H17FN2O3S/c14-11-6-5-10(8-12(11)20(15,18)19)13(17)16-7-1-2-9-3-4-9/h5-6,8-9H,1-4,7H2,(H,16,17)(H2,15,18,19). The Morgan fingerprint density at radius 1 is 1.40 bits per heavy atom. The molecule has 7 heteroatoms. The summed E-state index contributed by atoms with van der Waals surface area (Å²) in [6.45, 7) is 0.525. The first-order valence-electron chi connectivity index (χ1n) is 6.48. The van der Waals surface area contributed by atoms with E-state index in [-0.39, 0.29) is 5.56 Å². The third-order valence-corrected chi connectivity index (χ3v) is 4.20. The predicted octanol–water partition coefficient (Wildman–Crippen LogP) is 1.39. The smallest absolute Gasteiger partial charge is 0.251 e. The highest BCUT2D eigenvalue weighted by molar-refractivity contribution is 7.89. The Bertz CT molecular complexity index is 612. The van der Waals surface area contributed by atoms with Gasteiger partial charge in [0.15, 0.2) is 0 Å². The molecule has 0 aliphatic heterocycles. The number of carbonyl (C=O) groups excluding carboxylic acids is 1. The summed E-state index contributed by atoms with van der Waals surface area (Å²) in [5.41, 5.74) is 0.0850.